The third-order valence-electron chi connectivity index (χ3n) is 4.27. The molecule has 27 heavy (non-hydrogen) atoms. The summed E-state index contributed by atoms with van der Waals surface area (Å²) in [5.41, 5.74) is 4.46. The standard InChI is InChI=1S/C23H24N2OS/c1-17(2)20-11-8-18(9-12-20)10-13-22(26)24-15-21-16-27-23(25-21)14-19-6-4-3-5-7-19/h3-13,16-17H,14-15H2,1-2H3,(H,24,26)/b13-10+. The number of amides is 1. The monoisotopic (exact) mass is 376 g/mol. The highest BCUT2D eigenvalue weighted by Gasteiger charge is 2.04. The van der Waals surface area contributed by atoms with Crippen molar-refractivity contribution in [2.45, 2.75) is 32.7 Å². The van der Waals surface area contributed by atoms with E-state index < -0.39 is 0 Å². The van der Waals surface area contributed by atoms with Gasteiger partial charge in [-0.2, -0.15) is 0 Å². The first-order valence-electron chi connectivity index (χ1n) is 9.13. The molecule has 3 aromatic rings. The zero-order chi connectivity index (χ0) is 19.1. The minimum Gasteiger partial charge on any atom is -0.347 e. The molecule has 2 aromatic carbocycles. The van der Waals surface area contributed by atoms with Crippen LogP contribution in [-0.4, -0.2) is 10.9 Å². The molecule has 0 aliphatic carbocycles. The maximum Gasteiger partial charge on any atom is 0.244 e. The fourth-order valence-electron chi connectivity index (χ4n) is 2.68. The van der Waals surface area contributed by atoms with E-state index in [0.29, 0.717) is 12.5 Å². The quantitative estimate of drug-likeness (QED) is 0.577. The first kappa shape index (κ1) is 19.1. The Hall–Kier alpha value is -2.72. The predicted molar refractivity (Wildman–Crippen MR) is 113 cm³/mol. The highest BCUT2D eigenvalue weighted by Crippen LogP contribution is 2.16. The molecule has 4 heteroatoms. The largest absolute Gasteiger partial charge is 0.347 e. The van der Waals surface area contributed by atoms with Gasteiger partial charge in [-0.05, 0) is 28.7 Å². The summed E-state index contributed by atoms with van der Waals surface area (Å²) in [5.74, 6) is 0.400. The van der Waals surface area contributed by atoms with E-state index in [1.165, 1.54) is 11.1 Å². The van der Waals surface area contributed by atoms with Crippen molar-refractivity contribution < 1.29 is 4.79 Å². The van der Waals surface area contributed by atoms with Crippen LogP contribution in [0.15, 0.2) is 66.1 Å². The van der Waals surface area contributed by atoms with Gasteiger partial charge in [0.15, 0.2) is 0 Å². The Morgan fingerprint density at radius 3 is 2.56 bits per heavy atom. The lowest BCUT2D eigenvalue weighted by molar-refractivity contribution is -0.116. The molecule has 0 radical (unpaired) electrons. The molecule has 3 rings (SSSR count). The molecule has 0 aliphatic heterocycles. The Bertz CT molecular complexity index is 896. The highest BCUT2D eigenvalue weighted by molar-refractivity contribution is 7.09. The number of hydrogen-bond acceptors (Lipinski definition) is 3. The lowest BCUT2D eigenvalue weighted by Gasteiger charge is -2.04. The first-order valence-corrected chi connectivity index (χ1v) is 10.0. The molecule has 0 bridgehead atoms. The van der Waals surface area contributed by atoms with Gasteiger partial charge in [0, 0.05) is 17.9 Å². The van der Waals surface area contributed by atoms with Crippen molar-refractivity contribution in [3.63, 3.8) is 0 Å². The van der Waals surface area contributed by atoms with Crippen LogP contribution >= 0.6 is 11.3 Å². The fourth-order valence-corrected chi connectivity index (χ4v) is 3.51. The second-order valence-corrected chi connectivity index (χ2v) is 7.71. The number of thiazole rings is 1. The topological polar surface area (TPSA) is 42.0 Å². The van der Waals surface area contributed by atoms with E-state index in [1.54, 1.807) is 17.4 Å². The lowest BCUT2D eigenvalue weighted by atomic mass is 10.0. The van der Waals surface area contributed by atoms with E-state index in [-0.39, 0.29) is 5.91 Å². The summed E-state index contributed by atoms with van der Waals surface area (Å²) in [5, 5.41) is 5.96. The molecule has 3 nitrogen and oxygen atoms in total. The molecule has 1 heterocycles. The van der Waals surface area contributed by atoms with Gasteiger partial charge in [0.25, 0.3) is 0 Å². The summed E-state index contributed by atoms with van der Waals surface area (Å²) in [6.07, 6.45) is 4.23. The van der Waals surface area contributed by atoms with Gasteiger partial charge in [-0.15, -0.1) is 11.3 Å². The third-order valence-corrected chi connectivity index (χ3v) is 5.17. The molecule has 0 aliphatic rings. The van der Waals surface area contributed by atoms with Crippen molar-refractivity contribution in [3.05, 3.63) is 93.4 Å². The number of carbonyl (C=O) groups excluding carboxylic acids is 1. The van der Waals surface area contributed by atoms with Gasteiger partial charge in [-0.1, -0.05) is 68.4 Å². The molecule has 1 amide bonds. The second-order valence-electron chi connectivity index (χ2n) is 6.77. The van der Waals surface area contributed by atoms with Crippen LogP contribution in [0.4, 0.5) is 0 Å². The average molecular weight is 377 g/mol. The number of carbonyl (C=O) groups is 1. The van der Waals surface area contributed by atoms with Gasteiger partial charge in [0.1, 0.15) is 0 Å². The Balaban J connectivity index is 1.49. The summed E-state index contributed by atoms with van der Waals surface area (Å²) in [6.45, 7) is 4.78. The van der Waals surface area contributed by atoms with Crippen LogP contribution in [0.3, 0.4) is 0 Å². The van der Waals surface area contributed by atoms with Gasteiger partial charge in [-0.25, -0.2) is 4.98 Å². The molecule has 0 unspecified atom stereocenters. The molecule has 0 spiro atoms. The van der Waals surface area contributed by atoms with Gasteiger partial charge >= 0.3 is 0 Å². The van der Waals surface area contributed by atoms with E-state index >= 15 is 0 Å². The first-order chi connectivity index (χ1) is 13.1. The van der Waals surface area contributed by atoms with Crippen molar-refractivity contribution >= 4 is 23.3 Å². The summed E-state index contributed by atoms with van der Waals surface area (Å²) >= 11 is 1.63. The van der Waals surface area contributed by atoms with Crippen LogP contribution in [0.2, 0.25) is 0 Å². The Morgan fingerprint density at radius 2 is 1.85 bits per heavy atom. The fraction of sp³-hybridized carbons (Fsp3) is 0.217. The van der Waals surface area contributed by atoms with Crippen molar-refractivity contribution in [2.75, 3.05) is 0 Å². The van der Waals surface area contributed by atoms with E-state index in [2.05, 4.69) is 48.4 Å². The summed E-state index contributed by atoms with van der Waals surface area (Å²) in [6, 6.07) is 18.6. The smallest absolute Gasteiger partial charge is 0.244 e. The van der Waals surface area contributed by atoms with Gasteiger partial charge in [0.05, 0.1) is 17.2 Å². The van der Waals surface area contributed by atoms with Gasteiger partial charge in [0.2, 0.25) is 5.91 Å². The lowest BCUT2D eigenvalue weighted by Crippen LogP contribution is -2.20. The van der Waals surface area contributed by atoms with E-state index in [1.807, 2.05) is 41.8 Å². The number of rotatable bonds is 7. The van der Waals surface area contributed by atoms with Crippen molar-refractivity contribution in [2.24, 2.45) is 0 Å². The van der Waals surface area contributed by atoms with Gasteiger partial charge in [-0.3, -0.25) is 4.79 Å². The number of hydrogen-bond donors (Lipinski definition) is 1. The zero-order valence-corrected chi connectivity index (χ0v) is 16.5. The van der Waals surface area contributed by atoms with Gasteiger partial charge < -0.3 is 5.32 Å². The zero-order valence-electron chi connectivity index (χ0n) is 15.7. The van der Waals surface area contributed by atoms with E-state index in [9.17, 15) is 4.79 Å². The van der Waals surface area contributed by atoms with Crippen molar-refractivity contribution in [3.8, 4) is 0 Å². The van der Waals surface area contributed by atoms with Crippen LogP contribution in [-0.2, 0) is 17.8 Å². The summed E-state index contributed by atoms with van der Waals surface area (Å²) in [4.78, 5) is 16.6. The number of nitrogens with zero attached hydrogens (tertiary/aromatic N) is 1. The Morgan fingerprint density at radius 1 is 1.11 bits per heavy atom. The maximum absolute atomic E-state index is 12.0. The molecule has 1 aromatic heterocycles. The Labute approximate surface area is 164 Å². The van der Waals surface area contributed by atoms with E-state index in [4.69, 9.17) is 0 Å². The average Bonchev–Trinajstić information content (AvgIpc) is 3.13. The molecule has 138 valence electrons. The minimum absolute atomic E-state index is 0.111. The van der Waals surface area contributed by atoms with Crippen molar-refractivity contribution in [1.82, 2.24) is 10.3 Å². The number of nitrogens with one attached hydrogen (secondary N) is 1. The molecule has 0 saturated heterocycles. The normalized spacial score (nSPS) is 11.2. The highest BCUT2D eigenvalue weighted by atomic mass is 32.1. The number of benzene rings is 2. The Kier molecular flexibility index (Phi) is 6.55. The molecular formula is C23H24N2OS. The van der Waals surface area contributed by atoms with E-state index in [0.717, 1.165) is 22.7 Å². The molecule has 0 atom stereocenters. The van der Waals surface area contributed by atoms with Crippen LogP contribution < -0.4 is 5.32 Å². The number of aromatic nitrogens is 1. The molecule has 1 N–H and O–H groups in total. The minimum atomic E-state index is -0.111. The maximum atomic E-state index is 12.0. The molecule has 0 fully saturated rings. The predicted octanol–water partition coefficient (Wildman–Crippen LogP) is 5.19. The van der Waals surface area contributed by atoms with Crippen LogP contribution in [0.1, 0.15) is 47.2 Å². The van der Waals surface area contributed by atoms with Crippen LogP contribution in [0, 0.1) is 0 Å². The third kappa shape index (κ3) is 5.90. The summed E-state index contributed by atoms with van der Waals surface area (Å²) < 4.78 is 0. The van der Waals surface area contributed by atoms with Crippen LogP contribution in [0.25, 0.3) is 6.08 Å². The molecule has 0 saturated carbocycles. The SMILES string of the molecule is CC(C)c1ccc(/C=C/C(=O)NCc2csc(Cc3ccccc3)n2)cc1. The van der Waals surface area contributed by atoms with Crippen LogP contribution in [0.5, 0.6) is 0 Å². The second kappa shape index (κ2) is 9.28. The molecular weight excluding hydrogens is 352 g/mol. The summed E-state index contributed by atoms with van der Waals surface area (Å²) in [7, 11) is 0. The van der Waals surface area contributed by atoms with Crippen molar-refractivity contribution in [1.29, 1.82) is 0 Å².